The molecule has 6 aromatic carbocycles. The second kappa shape index (κ2) is 14.6. The summed E-state index contributed by atoms with van der Waals surface area (Å²) < 4.78 is 86.7. The first kappa shape index (κ1) is 35.7. The van der Waals surface area contributed by atoms with Gasteiger partial charge in [0.2, 0.25) is 0 Å². The van der Waals surface area contributed by atoms with Crippen molar-refractivity contribution in [2.24, 2.45) is 0 Å². The summed E-state index contributed by atoms with van der Waals surface area (Å²) in [5.41, 5.74) is -1.72. The summed E-state index contributed by atoms with van der Waals surface area (Å²) in [6, 6.07) is 43.5. The summed E-state index contributed by atoms with van der Waals surface area (Å²) >= 11 is -4.84. The number of halogens is 8. The van der Waals surface area contributed by atoms with Gasteiger partial charge in [0, 0.05) is 0 Å². The van der Waals surface area contributed by atoms with Crippen LogP contribution in [0.3, 0.4) is 0 Å². The van der Waals surface area contributed by atoms with Gasteiger partial charge in [0.05, 0.1) is 0 Å². The van der Waals surface area contributed by atoms with Crippen LogP contribution in [0.2, 0.25) is 0 Å². The normalized spacial score (nSPS) is 12.4. The van der Waals surface area contributed by atoms with Gasteiger partial charge in [0.25, 0.3) is 0 Å². The van der Waals surface area contributed by atoms with Crippen molar-refractivity contribution in [1.82, 2.24) is 0 Å². The maximum atomic E-state index is 14.3. The fourth-order valence-corrected chi connectivity index (χ4v) is 21.8. The first-order valence-electron chi connectivity index (χ1n) is 15.0. The number of rotatable bonds is 8. The summed E-state index contributed by atoms with van der Waals surface area (Å²) in [7, 11) is 11.9. The van der Waals surface area contributed by atoms with Gasteiger partial charge >= 0.3 is 295 Å². The first-order chi connectivity index (χ1) is 23.4. The van der Waals surface area contributed by atoms with Crippen molar-refractivity contribution in [2.45, 2.75) is 12.4 Å². The molecule has 0 unspecified atom stereocenters. The molecule has 49 heavy (non-hydrogen) atoms. The van der Waals surface area contributed by atoms with Crippen molar-refractivity contribution in [2.75, 3.05) is 0 Å². The Morgan fingerprint density at radius 3 is 0.898 bits per heavy atom. The zero-order valence-corrected chi connectivity index (χ0v) is 30.8. The van der Waals surface area contributed by atoms with Gasteiger partial charge in [-0.25, -0.2) is 0 Å². The van der Waals surface area contributed by atoms with Crippen LogP contribution in [0.25, 0.3) is 0 Å². The molecule has 0 nitrogen and oxygen atoms in total. The topological polar surface area (TPSA) is 0 Å². The Bertz CT molecular complexity index is 1800. The van der Waals surface area contributed by atoms with Crippen LogP contribution >= 0.6 is 35.9 Å². The molecule has 0 heterocycles. The zero-order valence-electron chi connectivity index (χ0n) is 25.4. The molecule has 11 heteroatoms. The van der Waals surface area contributed by atoms with Crippen LogP contribution in [0.4, 0.5) is 26.3 Å². The van der Waals surface area contributed by atoms with E-state index in [0.717, 1.165) is 45.5 Å². The second-order valence-electron chi connectivity index (χ2n) is 11.0. The molecule has 248 valence electrons. The van der Waals surface area contributed by atoms with Gasteiger partial charge in [-0.3, -0.25) is 0 Å². The maximum absolute atomic E-state index is 14.3. The van der Waals surface area contributed by atoms with E-state index in [1.807, 2.05) is 121 Å². The summed E-state index contributed by atoms with van der Waals surface area (Å²) in [6.07, 6.45) is -9.32. The van der Waals surface area contributed by atoms with Crippen molar-refractivity contribution >= 4 is 87.9 Å². The quantitative estimate of drug-likeness (QED) is 0.0827. The molecule has 0 aliphatic carbocycles. The molecule has 0 amide bonds. The Morgan fingerprint density at radius 2 is 0.653 bits per heavy atom. The molecule has 0 saturated carbocycles. The van der Waals surface area contributed by atoms with Crippen LogP contribution in [0.15, 0.2) is 158 Å². The van der Waals surface area contributed by atoms with E-state index in [2.05, 4.69) is 0 Å². The van der Waals surface area contributed by atoms with Gasteiger partial charge in [0.1, 0.15) is 0 Å². The number of hydrogen-bond donors (Lipinski definition) is 0. The van der Waals surface area contributed by atoms with E-state index < -0.39 is 50.7 Å². The van der Waals surface area contributed by atoms with E-state index in [1.165, 1.54) is 12.1 Å². The van der Waals surface area contributed by atoms with Crippen molar-refractivity contribution in [3.05, 3.63) is 169 Å². The molecule has 0 spiro atoms. The Kier molecular flexibility index (Phi) is 10.7. The molecule has 6 rings (SSSR count). The minimum atomic E-state index is -4.84. The molecule has 0 radical (unpaired) electrons. The zero-order chi connectivity index (χ0) is 34.8. The van der Waals surface area contributed by atoms with Gasteiger partial charge < -0.3 is 0 Å². The molecule has 0 N–H and O–H groups in total. The van der Waals surface area contributed by atoms with Crippen LogP contribution < -0.4 is 40.6 Å². The molecule has 0 aliphatic rings. The number of benzene rings is 6. The van der Waals surface area contributed by atoms with Crippen molar-refractivity contribution < 1.29 is 26.3 Å². The predicted octanol–water partition coefficient (Wildman–Crippen LogP) is 8.27. The number of hydrogen-bond acceptors (Lipinski definition) is 0. The molecule has 0 atom stereocenters. The van der Waals surface area contributed by atoms with Crippen LogP contribution in [0.1, 0.15) is 11.1 Å². The number of alkyl halides is 6. The third-order valence-corrected chi connectivity index (χ3v) is 22.6. The monoisotopic (exact) mass is 802 g/mol. The van der Waals surface area contributed by atoms with Gasteiger partial charge in [0.15, 0.2) is 0 Å². The first-order valence-corrected chi connectivity index (χ1v) is 25.3. The van der Waals surface area contributed by atoms with Crippen LogP contribution in [0.5, 0.6) is 0 Å². The fraction of sp³-hybridized carbons (Fsp3) is 0.0526. The van der Waals surface area contributed by atoms with Crippen molar-refractivity contribution in [3.8, 4) is 0 Å². The standard InChI is InChI=1S/C38H26Cl2F6GeP2/c39-47(40,33-23-21-27(37(41,42)43)25-35(33)48(29-13-5-1-6-14-29)30-15-7-2-8-16-30)34-24-22-28(38(44,45)46)26-36(34)49(31-17-9-3-10-18-31)32-19-11-4-12-20-32/h1-26H. The third-order valence-electron chi connectivity index (χ3n) is 7.87. The predicted molar refractivity (Wildman–Crippen MR) is 197 cm³/mol. The molecular weight excluding hydrogens is 776 g/mol. The SMILES string of the molecule is FC(F)(F)c1cc[c]([Ge]([Cl])([Cl])[c]2ccc(C(F)(F)F)cc2P(c2ccccc2)c2ccccc2)c(P(c2ccccc2)c2ccccc2)c1. The Labute approximate surface area is 294 Å². The Morgan fingerprint density at radius 1 is 0.388 bits per heavy atom. The molecule has 0 saturated heterocycles. The van der Waals surface area contributed by atoms with E-state index in [4.69, 9.17) is 20.0 Å². The average Bonchev–Trinajstić information content (AvgIpc) is 3.09. The Balaban J connectivity index is 1.66. The molecule has 0 aliphatic heterocycles. The molecular formula is C38H26Cl2F6GeP2. The molecule has 0 bridgehead atoms. The molecule has 6 aromatic rings. The van der Waals surface area contributed by atoms with E-state index in [0.29, 0.717) is 19.4 Å². The van der Waals surface area contributed by atoms with E-state index in [1.54, 1.807) is 0 Å². The second-order valence-corrected chi connectivity index (χ2v) is 27.0. The average molecular weight is 802 g/mol. The van der Waals surface area contributed by atoms with Gasteiger partial charge in [-0.1, -0.05) is 0 Å². The van der Waals surface area contributed by atoms with E-state index in [-0.39, 0.29) is 0 Å². The summed E-state index contributed by atoms with van der Waals surface area (Å²) in [5.74, 6) is 0. The fourth-order valence-electron chi connectivity index (χ4n) is 5.62. The minimum absolute atomic E-state index is 0.321. The van der Waals surface area contributed by atoms with Gasteiger partial charge in [-0.05, 0) is 0 Å². The van der Waals surface area contributed by atoms with Crippen molar-refractivity contribution in [1.29, 1.82) is 0 Å². The van der Waals surface area contributed by atoms with E-state index in [9.17, 15) is 26.3 Å². The summed E-state index contributed by atoms with van der Waals surface area (Å²) in [6.45, 7) is 0. The van der Waals surface area contributed by atoms with Gasteiger partial charge in [-0.2, -0.15) is 0 Å². The van der Waals surface area contributed by atoms with Crippen molar-refractivity contribution in [3.63, 3.8) is 0 Å². The van der Waals surface area contributed by atoms with Crippen LogP contribution in [0, 0.1) is 0 Å². The molecule has 0 aromatic heterocycles. The van der Waals surface area contributed by atoms with Gasteiger partial charge in [-0.15, -0.1) is 0 Å². The molecule has 0 fully saturated rings. The van der Waals surface area contributed by atoms with Crippen LogP contribution in [-0.4, -0.2) is 11.4 Å². The summed E-state index contributed by atoms with van der Waals surface area (Å²) in [4.78, 5) is 0. The third kappa shape index (κ3) is 7.80. The van der Waals surface area contributed by atoms with E-state index >= 15 is 0 Å². The summed E-state index contributed by atoms with van der Waals surface area (Å²) in [5, 5.41) is 3.75. The van der Waals surface area contributed by atoms with Crippen LogP contribution in [-0.2, 0) is 12.4 Å². The Hall–Kier alpha value is -3.12.